The van der Waals surface area contributed by atoms with Crippen LogP contribution in [0.25, 0.3) is 0 Å². The topological polar surface area (TPSA) is 32.3 Å². The van der Waals surface area contributed by atoms with Gasteiger partial charge >= 0.3 is 6.03 Å². The first-order chi connectivity index (χ1) is 4.20. The third kappa shape index (κ3) is 1.22. The van der Waals surface area contributed by atoms with E-state index in [-0.39, 0.29) is 6.03 Å². The number of carbonyl (C=O) groups is 1. The molecule has 1 rings (SSSR count). The Morgan fingerprint density at radius 3 is 2.89 bits per heavy atom. The van der Waals surface area contributed by atoms with Crippen LogP contribution in [0.3, 0.4) is 0 Å². The molecule has 0 aromatic heterocycles. The van der Waals surface area contributed by atoms with Gasteiger partial charge in [0, 0.05) is 19.8 Å². The second kappa shape index (κ2) is 2.09. The van der Waals surface area contributed by atoms with Crippen LogP contribution >= 0.6 is 0 Å². The number of rotatable bonds is 0. The predicted octanol–water partition coefficient (Wildman–Crippen LogP) is 0.545. The summed E-state index contributed by atoms with van der Waals surface area (Å²) in [6.45, 7) is 2.72. The minimum Gasteiger partial charge on any atom is -0.324 e. The van der Waals surface area contributed by atoms with E-state index >= 15 is 0 Å². The number of carbonyl (C=O) groups excluding carboxylic acids is 1. The van der Waals surface area contributed by atoms with E-state index in [9.17, 15) is 4.79 Å². The van der Waals surface area contributed by atoms with Crippen LogP contribution in [0.15, 0.2) is 11.8 Å². The van der Waals surface area contributed by atoms with E-state index < -0.39 is 0 Å². The van der Waals surface area contributed by atoms with Gasteiger partial charge in [0.2, 0.25) is 0 Å². The minimum atomic E-state index is -0.0272. The van der Waals surface area contributed by atoms with Crippen molar-refractivity contribution in [2.75, 3.05) is 13.6 Å². The summed E-state index contributed by atoms with van der Waals surface area (Å²) in [4.78, 5) is 12.3. The Morgan fingerprint density at radius 1 is 1.78 bits per heavy atom. The molecule has 9 heavy (non-hydrogen) atoms. The van der Waals surface area contributed by atoms with Gasteiger partial charge in [-0.25, -0.2) is 4.79 Å². The summed E-state index contributed by atoms with van der Waals surface area (Å²) < 4.78 is 0. The fourth-order valence-electron chi connectivity index (χ4n) is 0.787. The van der Waals surface area contributed by atoms with Gasteiger partial charge in [0.05, 0.1) is 0 Å². The van der Waals surface area contributed by atoms with Crippen LogP contribution in [0.4, 0.5) is 4.79 Å². The molecule has 0 bridgehead atoms. The van der Waals surface area contributed by atoms with Gasteiger partial charge in [0.25, 0.3) is 0 Å². The van der Waals surface area contributed by atoms with Crippen molar-refractivity contribution in [2.24, 2.45) is 0 Å². The fourth-order valence-corrected chi connectivity index (χ4v) is 0.787. The monoisotopic (exact) mass is 126 g/mol. The summed E-state index contributed by atoms with van der Waals surface area (Å²) in [7, 11) is 1.77. The van der Waals surface area contributed by atoms with Gasteiger partial charge in [-0.3, -0.25) is 0 Å². The van der Waals surface area contributed by atoms with Crippen LogP contribution in [-0.4, -0.2) is 24.5 Å². The molecule has 0 radical (unpaired) electrons. The van der Waals surface area contributed by atoms with Crippen LogP contribution < -0.4 is 5.32 Å². The van der Waals surface area contributed by atoms with E-state index in [4.69, 9.17) is 0 Å². The molecule has 0 fully saturated rings. The minimum absolute atomic E-state index is 0.0272. The first-order valence-electron chi connectivity index (χ1n) is 2.87. The fraction of sp³-hybridized carbons (Fsp3) is 0.500. The van der Waals surface area contributed by atoms with Gasteiger partial charge in [-0.1, -0.05) is 0 Å². The highest BCUT2D eigenvalue weighted by Gasteiger charge is 2.10. The first-order valence-corrected chi connectivity index (χ1v) is 2.87. The molecule has 0 aromatic rings. The zero-order valence-electron chi connectivity index (χ0n) is 5.64. The van der Waals surface area contributed by atoms with Crippen molar-refractivity contribution in [2.45, 2.75) is 6.92 Å². The van der Waals surface area contributed by atoms with Crippen molar-refractivity contribution in [1.82, 2.24) is 10.2 Å². The maximum atomic E-state index is 10.7. The van der Waals surface area contributed by atoms with Gasteiger partial charge in [-0.15, -0.1) is 0 Å². The lowest BCUT2D eigenvalue weighted by Crippen LogP contribution is -2.39. The second-order valence-electron chi connectivity index (χ2n) is 2.30. The van der Waals surface area contributed by atoms with E-state index in [0.717, 1.165) is 6.54 Å². The van der Waals surface area contributed by atoms with Crippen molar-refractivity contribution < 1.29 is 4.79 Å². The molecular weight excluding hydrogens is 116 g/mol. The highest BCUT2D eigenvalue weighted by Crippen LogP contribution is 1.99. The molecule has 0 unspecified atom stereocenters. The summed E-state index contributed by atoms with van der Waals surface area (Å²) in [5, 5.41) is 2.61. The van der Waals surface area contributed by atoms with Gasteiger partial charge in [0.1, 0.15) is 0 Å². The Labute approximate surface area is 54.3 Å². The summed E-state index contributed by atoms with van der Waals surface area (Å²) in [6, 6.07) is -0.0272. The number of nitrogens with one attached hydrogen (secondary N) is 1. The van der Waals surface area contributed by atoms with Crippen molar-refractivity contribution in [1.29, 1.82) is 0 Å². The Morgan fingerprint density at radius 2 is 2.44 bits per heavy atom. The van der Waals surface area contributed by atoms with Crippen LogP contribution in [0, 0.1) is 0 Å². The molecule has 0 spiro atoms. The lowest BCUT2D eigenvalue weighted by Gasteiger charge is -2.21. The molecule has 0 atom stereocenters. The number of nitrogens with zero attached hydrogens (tertiary/aromatic N) is 1. The molecule has 1 N–H and O–H groups in total. The Balaban J connectivity index is 2.65. The summed E-state index contributed by atoms with van der Waals surface area (Å²) in [6.07, 6.45) is 1.74. The van der Waals surface area contributed by atoms with Gasteiger partial charge < -0.3 is 10.2 Å². The van der Waals surface area contributed by atoms with Gasteiger partial charge in [-0.2, -0.15) is 0 Å². The van der Waals surface area contributed by atoms with E-state index in [0.29, 0.717) is 0 Å². The third-order valence-electron chi connectivity index (χ3n) is 1.28. The highest BCUT2D eigenvalue weighted by molar-refractivity contribution is 5.76. The second-order valence-corrected chi connectivity index (χ2v) is 2.30. The Hall–Kier alpha value is -0.990. The number of hydrogen-bond donors (Lipinski definition) is 1. The average Bonchev–Trinajstić information content (AvgIpc) is 1.80. The van der Waals surface area contributed by atoms with Crippen LogP contribution in [-0.2, 0) is 0 Å². The van der Waals surface area contributed by atoms with Crippen molar-refractivity contribution >= 4 is 6.03 Å². The van der Waals surface area contributed by atoms with Gasteiger partial charge in [0.15, 0.2) is 0 Å². The maximum absolute atomic E-state index is 10.7. The van der Waals surface area contributed by atoms with E-state index in [1.165, 1.54) is 5.57 Å². The highest BCUT2D eigenvalue weighted by atomic mass is 16.2. The van der Waals surface area contributed by atoms with Crippen molar-refractivity contribution in [3.8, 4) is 0 Å². The molecule has 2 amide bonds. The lowest BCUT2D eigenvalue weighted by atomic mass is 10.3. The number of urea groups is 1. The lowest BCUT2D eigenvalue weighted by molar-refractivity contribution is 0.213. The molecule has 1 aliphatic heterocycles. The summed E-state index contributed by atoms with van der Waals surface area (Å²) in [5.74, 6) is 0. The van der Waals surface area contributed by atoms with E-state index in [2.05, 4.69) is 5.32 Å². The normalized spacial score (nSPS) is 19.1. The molecule has 0 saturated heterocycles. The van der Waals surface area contributed by atoms with Crippen molar-refractivity contribution in [3.63, 3.8) is 0 Å². The molecule has 1 aliphatic rings. The quantitative estimate of drug-likeness (QED) is 0.505. The molecule has 1 heterocycles. The third-order valence-corrected chi connectivity index (χ3v) is 1.28. The zero-order chi connectivity index (χ0) is 6.85. The standard InChI is InChI=1S/C6H10N2O/c1-5-3-7-6(9)8(2)4-5/h3H,4H2,1-2H3,(H,7,9). The molecule has 0 aromatic carbocycles. The predicted molar refractivity (Wildman–Crippen MR) is 34.9 cm³/mol. The Bertz CT molecular complexity index is 162. The van der Waals surface area contributed by atoms with Gasteiger partial charge in [-0.05, 0) is 12.5 Å². The largest absolute Gasteiger partial charge is 0.324 e. The number of hydrogen-bond acceptors (Lipinski definition) is 1. The van der Waals surface area contributed by atoms with Crippen LogP contribution in [0.2, 0.25) is 0 Å². The molecule has 50 valence electrons. The molecule has 3 heteroatoms. The van der Waals surface area contributed by atoms with E-state index in [1.54, 1.807) is 18.1 Å². The van der Waals surface area contributed by atoms with Crippen LogP contribution in [0.1, 0.15) is 6.92 Å². The Kier molecular flexibility index (Phi) is 1.42. The van der Waals surface area contributed by atoms with E-state index in [1.807, 2.05) is 6.92 Å². The smallest absolute Gasteiger partial charge is 0.321 e. The molecule has 0 aliphatic carbocycles. The maximum Gasteiger partial charge on any atom is 0.321 e. The molecular formula is C6H10N2O. The average molecular weight is 126 g/mol. The first kappa shape index (κ1) is 6.13. The molecule has 0 saturated carbocycles. The van der Waals surface area contributed by atoms with Crippen molar-refractivity contribution in [3.05, 3.63) is 11.8 Å². The summed E-state index contributed by atoms with van der Waals surface area (Å²) >= 11 is 0. The summed E-state index contributed by atoms with van der Waals surface area (Å²) in [5.41, 5.74) is 1.18. The van der Waals surface area contributed by atoms with Crippen LogP contribution in [0.5, 0.6) is 0 Å². The molecule has 3 nitrogen and oxygen atoms in total. The zero-order valence-corrected chi connectivity index (χ0v) is 5.64. The number of likely N-dealkylation sites (N-methyl/N-ethyl adjacent to an activating group) is 1. The number of amides is 2. The SMILES string of the molecule is CC1=CNC(=O)N(C)C1.